The minimum absolute atomic E-state index is 0.231. The first kappa shape index (κ1) is 15.8. The average Bonchev–Trinajstić information content (AvgIpc) is 3.22. The summed E-state index contributed by atoms with van der Waals surface area (Å²) in [5.41, 5.74) is 1.16. The van der Waals surface area contributed by atoms with Gasteiger partial charge in [-0.25, -0.2) is 13.1 Å². The number of rotatable bonds is 4. The summed E-state index contributed by atoms with van der Waals surface area (Å²) in [5, 5.41) is 1.19. The maximum atomic E-state index is 12.6. The maximum Gasteiger partial charge on any atom is 0.241 e. The van der Waals surface area contributed by atoms with Gasteiger partial charge in [-0.2, -0.15) is 0 Å². The van der Waals surface area contributed by atoms with Gasteiger partial charge in [0.05, 0.1) is 10.4 Å². The standard InChI is InChI=1S/C16H15Cl2NO2S/c1-11-10-14(6-7-15(11)18)22(20,21)19-16(8-9-16)12-2-4-13(17)5-3-12/h2-7,10,19H,8-9H2,1H3. The second-order valence-corrected chi connectivity index (χ2v) is 8.13. The molecule has 0 amide bonds. The maximum absolute atomic E-state index is 12.6. The van der Waals surface area contributed by atoms with Crippen LogP contribution >= 0.6 is 23.2 Å². The van der Waals surface area contributed by atoms with Gasteiger partial charge in [0, 0.05) is 10.0 Å². The van der Waals surface area contributed by atoms with Crippen LogP contribution in [0.2, 0.25) is 10.0 Å². The van der Waals surface area contributed by atoms with Crippen LogP contribution in [0.25, 0.3) is 0 Å². The van der Waals surface area contributed by atoms with E-state index in [0.29, 0.717) is 10.0 Å². The Morgan fingerprint density at radius 3 is 2.23 bits per heavy atom. The molecular weight excluding hydrogens is 341 g/mol. The van der Waals surface area contributed by atoms with Crippen molar-refractivity contribution in [2.75, 3.05) is 0 Å². The molecule has 0 spiro atoms. The Bertz CT molecular complexity index is 813. The summed E-state index contributed by atoms with van der Waals surface area (Å²) in [5.74, 6) is 0. The predicted octanol–water partition coefficient (Wildman–Crippen LogP) is 4.27. The molecule has 0 saturated heterocycles. The highest BCUT2D eigenvalue weighted by atomic mass is 35.5. The fraction of sp³-hybridized carbons (Fsp3) is 0.250. The first-order chi connectivity index (χ1) is 10.3. The van der Waals surface area contributed by atoms with Gasteiger partial charge in [-0.3, -0.25) is 0 Å². The van der Waals surface area contributed by atoms with Gasteiger partial charge in [-0.1, -0.05) is 35.3 Å². The molecule has 0 aromatic heterocycles. The molecule has 0 atom stereocenters. The molecule has 3 nitrogen and oxygen atoms in total. The molecule has 2 aromatic carbocycles. The smallest absolute Gasteiger partial charge is 0.207 e. The first-order valence-corrected chi connectivity index (χ1v) is 9.13. The molecule has 3 rings (SSSR count). The zero-order chi connectivity index (χ0) is 16.0. The Hall–Kier alpha value is -1.07. The van der Waals surface area contributed by atoms with E-state index >= 15 is 0 Å². The van der Waals surface area contributed by atoms with Crippen molar-refractivity contribution >= 4 is 33.2 Å². The van der Waals surface area contributed by atoms with Crippen LogP contribution in [0.5, 0.6) is 0 Å². The van der Waals surface area contributed by atoms with Crippen LogP contribution in [0.1, 0.15) is 24.0 Å². The third-order valence-corrected chi connectivity index (χ3v) is 6.13. The van der Waals surface area contributed by atoms with E-state index in [4.69, 9.17) is 23.2 Å². The summed E-state index contributed by atoms with van der Waals surface area (Å²) in [6.45, 7) is 1.79. The van der Waals surface area contributed by atoms with Crippen LogP contribution < -0.4 is 4.72 Å². The highest BCUT2D eigenvalue weighted by Gasteiger charge is 2.47. The van der Waals surface area contributed by atoms with Crippen LogP contribution in [-0.4, -0.2) is 8.42 Å². The molecule has 2 aromatic rings. The van der Waals surface area contributed by atoms with Crippen molar-refractivity contribution in [3.63, 3.8) is 0 Å². The molecule has 1 aliphatic rings. The highest BCUT2D eigenvalue weighted by Crippen LogP contribution is 2.46. The third-order valence-electron chi connectivity index (χ3n) is 3.92. The van der Waals surface area contributed by atoms with Crippen molar-refractivity contribution in [2.24, 2.45) is 0 Å². The van der Waals surface area contributed by atoms with Crippen LogP contribution in [-0.2, 0) is 15.6 Å². The van der Waals surface area contributed by atoms with E-state index in [1.807, 2.05) is 12.1 Å². The van der Waals surface area contributed by atoms with Crippen molar-refractivity contribution in [3.05, 3.63) is 63.6 Å². The van der Waals surface area contributed by atoms with E-state index < -0.39 is 15.6 Å². The lowest BCUT2D eigenvalue weighted by molar-refractivity contribution is 0.551. The van der Waals surface area contributed by atoms with Gasteiger partial charge in [0.15, 0.2) is 0 Å². The minimum atomic E-state index is -3.59. The molecule has 1 fully saturated rings. The highest BCUT2D eigenvalue weighted by molar-refractivity contribution is 7.89. The number of sulfonamides is 1. The average molecular weight is 356 g/mol. The fourth-order valence-electron chi connectivity index (χ4n) is 2.44. The van der Waals surface area contributed by atoms with Gasteiger partial charge in [-0.05, 0) is 61.2 Å². The predicted molar refractivity (Wildman–Crippen MR) is 88.9 cm³/mol. The normalized spacial score (nSPS) is 16.5. The summed E-state index contributed by atoms with van der Waals surface area (Å²) >= 11 is 11.9. The number of aryl methyl sites for hydroxylation is 1. The van der Waals surface area contributed by atoms with Gasteiger partial charge < -0.3 is 0 Å². The van der Waals surface area contributed by atoms with Gasteiger partial charge in [0.1, 0.15) is 0 Å². The van der Waals surface area contributed by atoms with Crippen LogP contribution in [0.15, 0.2) is 47.4 Å². The van der Waals surface area contributed by atoms with Crippen molar-refractivity contribution in [2.45, 2.75) is 30.2 Å². The Balaban J connectivity index is 1.91. The zero-order valence-corrected chi connectivity index (χ0v) is 14.3. The molecule has 0 radical (unpaired) electrons. The fourth-order valence-corrected chi connectivity index (χ4v) is 4.22. The van der Waals surface area contributed by atoms with E-state index in [-0.39, 0.29) is 4.90 Å². The molecule has 1 saturated carbocycles. The van der Waals surface area contributed by atoms with E-state index in [1.54, 1.807) is 31.2 Å². The van der Waals surface area contributed by atoms with Crippen molar-refractivity contribution < 1.29 is 8.42 Å². The number of halogens is 2. The van der Waals surface area contributed by atoms with Crippen LogP contribution in [0.3, 0.4) is 0 Å². The second-order valence-electron chi connectivity index (χ2n) is 5.61. The monoisotopic (exact) mass is 355 g/mol. The lowest BCUT2D eigenvalue weighted by Crippen LogP contribution is -2.34. The van der Waals surface area contributed by atoms with Gasteiger partial charge in [0.25, 0.3) is 0 Å². The minimum Gasteiger partial charge on any atom is -0.207 e. The molecule has 0 heterocycles. The Kier molecular flexibility index (Phi) is 3.98. The summed E-state index contributed by atoms with van der Waals surface area (Å²) in [7, 11) is -3.59. The Morgan fingerprint density at radius 2 is 1.68 bits per heavy atom. The van der Waals surface area contributed by atoms with E-state index in [0.717, 1.165) is 24.0 Å². The molecule has 6 heteroatoms. The molecule has 0 aliphatic heterocycles. The number of hydrogen-bond acceptors (Lipinski definition) is 2. The molecule has 1 aliphatic carbocycles. The van der Waals surface area contributed by atoms with Gasteiger partial charge in [-0.15, -0.1) is 0 Å². The van der Waals surface area contributed by atoms with Crippen molar-refractivity contribution in [1.29, 1.82) is 0 Å². The summed E-state index contributed by atoms with van der Waals surface area (Å²) < 4.78 is 28.1. The number of benzene rings is 2. The summed E-state index contributed by atoms with van der Waals surface area (Å²) in [4.78, 5) is 0.231. The molecule has 0 unspecified atom stereocenters. The third kappa shape index (κ3) is 3.01. The Morgan fingerprint density at radius 1 is 1.05 bits per heavy atom. The number of nitrogens with one attached hydrogen (secondary N) is 1. The summed E-state index contributed by atoms with van der Waals surface area (Å²) in [6, 6.07) is 12.0. The first-order valence-electron chi connectivity index (χ1n) is 6.89. The second kappa shape index (κ2) is 5.53. The lowest BCUT2D eigenvalue weighted by Gasteiger charge is -2.18. The SMILES string of the molecule is Cc1cc(S(=O)(=O)NC2(c3ccc(Cl)cc3)CC2)ccc1Cl. The van der Waals surface area contributed by atoms with Crippen molar-refractivity contribution in [1.82, 2.24) is 4.72 Å². The lowest BCUT2D eigenvalue weighted by atomic mass is 10.1. The van der Waals surface area contributed by atoms with Crippen LogP contribution in [0.4, 0.5) is 0 Å². The van der Waals surface area contributed by atoms with Crippen LogP contribution in [0, 0.1) is 6.92 Å². The Labute approximate surface area is 140 Å². The molecule has 116 valence electrons. The molecule has 22 heavy (non-hydrogen) atoms. The molecule has 0 bridgehead atoms. The molecule has 1 N–H and O–H groups in total. The topological polar surface area (TPSA) is 46.2 Å². The van der Waals surface area contributed by atoms with E-state index in [2.05, 4.69) is 4.72 Å². The zero-order valence-electron chi connectivity index (χ0n) is 11.9. The largest absolute Gasteiger partial charge is 0.241 e. The summed E-state index contributed by atoms with van der Waals surface area (Å²) in [6.07, 6.45) is 1.56. The van der Waals surface area contributed by atoms with E-state index in [9.17, 15) is 8.42 Å². The quantitative estimate of drug-likeness (QED) is 0.889. The van der Waals surface area contributed by atoms with Gasteiger partial charge >= 0.3 is 0 Å². The van der Waals surface area contributed by atoms with Gasteiger partial charge in [0.2, 0.25) is 10.0 Å². The number of hydrogen-bond donors (Lipinski definition) is 1. The van der Waals surface area contributed by atoms with Crippen molar-refractivity contribution in [3.8, 4) is 0 Å². The molecular formula is C16H15Cl2NO2S. The van der Waals surface area contributed by atoms with E-state index in [1.165, 1.54) is 6.07 Å².